The molecule has 102 valence electrons. The number of rotatable bonds is 2. The maximum absolute atomic E-state index is 12.4. The van der Waals surface area contributed by atoms with Gasteiger partial charge in [-0.05, 0) is 24.1 Å². The number of carbonyl (C=O) groups excluding carboxylic acids is 1. The topological polar surface area (TPSA) is 60.4 Å². The number of carbonyl (C=O) groups is 1. The summed E-state index contributed by atoms with van der Waals surface area (Å²) in [6, 6.07) is 3.38. The van der Waals surface area contributed by atoms with E-state index in [1.807, 2.05) is 0 Å². The Hall–Kier alpha value is -1.07. The van der Waals surface area contributed by atoms with Gasteiger partial charge >= 0.3 is 0 Å². The van der Waals surface area contributed by atoms with E-state index in [1.165, 1.54) is 0 Å². The Morgan fingerprint density at radius 2 is 2.16 bits per heavy atom. The standard InChI is InChI=1S/C13H13ClO4S/c14-10-5-8-1-3-18-13(8)11(6-10)12(15)9-2-4-19(16,17)7-9/h5-6,9H,1-4,7H2. The van der Waals surface area contributed by atoms with E-state index in [-0.39, 0.29) is 17.3 Å². The number of benzene rings is 1. The maximum Gasteiger partial charge on any atom is 0.170 e. The van der Waals surface area contributed by atoms with Gasteiger partial charge in [0.15, 0.2) is 15.6 Å². The molecule has 1 saturated heterocycles. The minimum absolute atomic E-state index is 0.0624. The average molecular weight is 301 g/mol. The summed E-state index contributed by atoms with van der Waals surface area (Å²) in [6.45, 7) is 0.541. The molecule has 19 heavy (non-hydrogen) atoms. The van der Waals surface area contributed by atoms with Crippen LogP contribution >= 0.6 is 11.6 Å². The van der Waals surface area contributed by atoms with Crippen LogP contribution in [0.2, 0.25) is 5.02 Å². The lowest BCUT2D eigenvalue weighted by Gasteiger charge is -2.11. The van der Waals surface area contributed by atoms with Crippen LogP contribution in [0.15, 0.2) is 12.1 Å². The molecule has 4 nitrogen and oxygen atoms in total. The minimum atomic E-state index is -3.07. The van der Waals surface area contributed by atoms with Crippen LogP contribution in [0.4, 0.5) is 0 Å². The molecule has 0 aromatic heterocycles. The second kappa shape index (κ2) is 4.49. The largest absolute Gasteiger partial charge is 0.492 e. The van der Waals surface area contributed by atoms with Crippen molar-refractivity contribution >= 4 is 27.2 Å². The van der Waals surface area contributed by atoms with Crippen molar-refractivity contribution < 1.29 is 17.9 Å². The molecule has 1 unspecified atom stereocenters. The molecule has 6 heteroatoms. The van der Waals surface area contributed by atoms with Crippen molar-refractivity contribution in [3.8, 4) is 5.75 Å². The molecular weight excluding hydrogens is 288 g/mol. The van der Waals surface area contributed by atoms with Crippen LogP contribution in [0.5, 0.6) is 5.75 Å². The van der Waals surface area contributed by atoms with Gasteiger partial charge in [-0.15, -0.1) is 0 Å². The second-order valence-corrected chi connectivity index (χ2v) is 7.67. The van der Waals surface area contributed by atoms with Gasteiger partial charge in [0.05, 0.1) is 23.7 Å². The van der Waals surface area contributed by atoms with Crippen molar-refractivity contribution in [2.24, 2.45) is 5.92 Å². The van der Waals surface area contributed by atoms with Crippen LogP contribution in [0.3, 0.4) is 0 Å². The zero-order chi connectivity index (χ0) is 13.6. The number of ketones is 1. The van der Waals surface area contributed by atoms with Crippen LogP contribution in [0.25, 0.3) is 0 Å². The Kier molecular flexibility index (Phi) is 3.06. The molecule has 0 spiro atoms. The van der Waals surface area contributed by atoms with Gasteiger partial charge in [0.25, 0.3) is 0 Å². The Balaban J connectivity index is 1.97. The third-order valence-electron chi connectivity index (χ3n) is 3.62. The Bertz CT molecular complexity index is 651. The van der Waals surface area contributed by atoms with Gasteiger partial charge in [0.1, 0.15) is 5.75 Å². The van der Waals surface area contributed by atoms with E-state index in [9.17, 15) is 13.2 Å². The number of sulfone groups is 1. The molecule has 0 radical (unpaired) electrons. The molecule has 0 saturated carbocycles. The number of halogens is 1. The summed E-state index contributed by atoms with van der Waals surface area (Å²) in [7, 11) is -3.07. The van der Waals surface area contributed by atoms with Crippen molar-refractivity contribution in [1.29, 1.82) is 0 Å². The van der Waals surface area contributed by atoms with Crippen LogP contribution in [0, 0.1) is 5.92 Å². The average Bonchev–Trinajstić information content (AvgIpc) is 2.93. The lowest BCUT2D eigenvalue weighted by Crippen LogP contribution is -2.17. The van der Waals surface area contributed by atoms with Gasteiger partial charge in [-0.3, -0.25) is 4.79 Å². The fourth-order valence-electron chi connectivity index (χ4n) is 2.67. The summed E-state index contributed by atoms with van der Waals surface area (Å²) in [4.78, 5) is 12.4. The maximum atomic E-state index is 12.4. The van der Waals surface area contributed by atoms with Gasteiger partial charge in [-0.2, -0.15) is 0 Å². The van der Waals surface area contributed by atoms with Crippen LogP contribution in [0.1, 0.15) is 22.3 Å². The van der Waals surface area contributed by atoms with Crippen LogP contribution in [-0.4, -0.2) is 32.3 Å². The first-order valence-corrected chi connectivity index (χ1v) is 8.36. The van der Waals surface area contributed by atoms with E-state index in [4.69, 9.17) is 16.3 Å². The molecule has 0 aliphatic carbocycles. The molecule has 0 amide bonds. The van der Waals surface area contributed by atoms with Gasteiger partial charge < -0.3 is 4.74 Å². The molecule has 3 rings (SSSR count). The Morgan fingerprint density at radius 3 is 2.84 bits per heavy atom. The highest BCUT2D eigenvalue weighted by atomic mass is 35.5. The fourth-order valence-corrected chi connectivity index (χ4v) is 4.66. The van der Waals surface area contributed by atoms with E-state index in [1.54, 1.807) is 12.1 Å². The molecule has 1 aromatic carbocycles. The summed E-state index contributed by atoms with van der Waals surface area (Å²) < 4.78 is 28.4. The first kappa shape index (κ1) is 12.9. The monoisotopic (exact) mass is 300 g/mol. The fraction of sp³-hybridized carbons (Fsp3) is 0.462. The molecule has 1 fully saturated rings. The van der Waals surface area contributed by atoms with Crippen LogP contribution in [-0.2, 0) is 16.3 Å². The quantitative estimate of drug-likeness (QED) is 0.783. The highest BCUT2D eigenvalue weighted by Crippen LogP contribution is 2.35. The normalized spacial score (nSPS) is 23.9. The smallest absolute Gasteiger partial charge is 0.170 e. The predicted molar refractivity (Wildman–Crippen MR) is 71.7 cm³/mol. The summed E-state index contributed by atoms with van der Waals surface area (Å²) in [6.07, 6.45) is 1.13. The summed E-state index contributed by atoms with van der Waals surface area (Å²) >= 11 is 6.01. The van der Waals surface area contributed by atoms with E-state index in [0.717, 1.165) is 12.0 Å². The molecular formula is C13H13ClO4S. The third-order valence-corrected chi connectivity index (χ3v) is 5.60. The molecule has 2 aliphatic rings. The van der Waals surface area contributed by atoms with Gasteiger partial charge in [0, 0.05) is 17.4 Å². The van der Waals surface area contributed by atoms with Crippen molar-refractivity contribution in [3.05, 3.63) is 28.3 Å². The van der Waals surface area contributed by atoms with E-state index >= 15 is 0 Å². The van der Waals surface area contributed by atoms with E-state index in [0.29, 0.717) is 29.4 Å². The molecule has 1 aromatic rings. The van der Waals surface area contributed by atoms with Crippen molar-refractivity contribution in [2.75, 3.05) is 18.1 Å². The molecule has 0 N–H and O–H groups in total. The highest BCUT2D eigenvalue weighted by molar-refractivity contribution is 7.91. The molecule has 1 atom stereocenters. The van der Waals surface area contributed by atoms with Crippen LogP contribution < -0.4 is 4.74 Å². The number of fused-ring (bicyclic) bond motifs is 1. The SMILES string of the molecule is O=C(c1cc(Cl)cc2c1OCC2)C1CCS(=O)(=O)C1. The van der Waals surface area contributed by atoms with E-state index in [2.05, 4.69) is 0 Å². The zero-order valence-corrected chi connectivity index (χ0v) is 11.8. The summed E-state index contributed by atoms with van der Waals surface area (Å²) in [5, 5.41) is 0.494. The second-order valence-electron chi connectivity index (χ2n) is 5.00. The molecule has 0 bridgehead atoms. The molecule has 2 heterocycles. The van der Waals surface area contributed by atoms with Gasteiger partial charge in [-0.1, -0.05) is 11.6 Å². The first-order chi connectivity index (χ1) is 8.96. The Labute approximate surface area is 116 Å². The van der Waals surface area contributed by atoms with Crippen molar-refractivity contribution in [3.63, 3.8) is 0 Å². The highest BCUT2D eigenvalue weighted by Gasteiger charge is 2.35. The van der Waals surface area contributed by atoms with Gasteiger partial charge in [-0.25, -0.2) is 8.42 Å². The number of ether oxygens (including phenoxy) is 1. The number of hydrogen-bond acceptors (Lipinski definition) is 4. The third kappa shape index (κ3) is 2.37. The first-order valence-electron chi connectivity index (χ1n) is 6.16. The van der Waals surface area contributed by atoms with Crippen molar-refractivity contribution in [2.45, 2.75) is 12.8 Å². The minimum Gasteiger partial charge on any atom is -0.492 e. The predicted octanol–water partition coefficient (Wildman–Crippen LogP) is 1.89. The summed E-state index contributed by atoms with van der Waals surface area (Å²) in [5.41, 5.74) is 1.36. The van der Waals surface area contributed by atoms with E-state index < -0.39 is 15.8 Å². The molecule has 2 aliphatic heterocycles. The lowest BCUT2D eigenvalue weighted by atomic mass is 9.95. The van der Waals surface area contributed by atoms with Gasteiger partial charge in [0.2, 0.25) is 0 Å². The number of Topliss-reactive ketones (excluding diaryl/α,β-unsaturated/α-hetero) is 1. The number of hydrogen-bond donors (Lipinski definition) is 0. The van der Waals surface area contributed by atoms with Crippen molar-refractivity contribution in [1.82, 2.24) is 0 Å². The summed E-state index contributed by atoms with van der Waals surface area (Å²) in [5.74, 6) is -0.0164. The zero-order valence-electron chi connectivity index (χ0n) is 10.2. The Morgan fingerprint density at radius 1 is 1.37 bits per heavy atom. The lowest BCUT2D eigenvalue weighted by molar-refractivity contribution is 0.0930.